The van der Waals surface area contributed by atoms with Crippen LogP contribution in [0.15, 0.2) is 45.6 Å². The lowest BCUT2D eigenvalue weighted by molar-refractivity contribution is -0.127. The number of amides is 1. The maximum absolute atomic E-state index is 15.3. The summed E-state index contributed by atoms with van der Waals surface area (Å²) >= 11 is 0. The van der Waals surface area contributed by atoms with Gasteiger partial charge < -0.3 is 29.0 Å². The number of aliphatic hydroxyl groups is 2. The Morgan fingerprint density at radius 2 is 1.95 bits per heavy atom. The lowest BCUT2D eigenvalue weighted by Crippen LogP contribution is -2.33. The second-order valence-electron chi connectivity index (χ2n) is 8.36. The van der Waals surface area contributed by atoms with Crippen LogP contribution in [0.3, 0.4) is 0 Å². The van der Waals surface area contributed by atoms with Crippen molar-refractivity contribution in [2.24, 2.45) is 0 Å². The van der Waals surface area contributed by atoms with Gasteiger partial charge in [-0.25, -0.2) is 18.7 Å². The van der Waals surface area contributed by atoms with Crippen molar-refractivity contribution in [3.8, 4) is 5.75 Å². The molecule has 1 heterocycles. The van der Waals surface area contributed by atoms with Gasteiger partial charge in [0.25, 0.3) is 10.2 Å². The number of nitrogens with zero attached hydrogens (tertiary/aromatic N) is 1. The summed E-state index contributed by atoms with van der Waals surface area (Å²) < 4.78 is 58.7. The van der Waals surface area contributed by atoms with Crippen molar-refractivity contribution in [2.45, 2.75) is 19.4 Å². The predicted molar refractivity (Wildman–Crippen MR) is 139 cm³/mol. The molecule has 1 aromatic heterocycles. The van der Waals surface area contributed by atoms with E-state index in [1.165, 1.54) is 55.4 Å². The van der Waals surface area contributed by atoms with E-state index in [1.54, 1.807) is 0 Å². The van der Waals surface area contributed by atoms with E-state index >= 15 is 4.39 Å². The fraction of sp³-hybridized carbons (Fsp3) is 0.333. The molecule has 0 aliphatic heterocycles. The van der Waals surface area contributed by atoms with E-state index in [0.717, 1.165) is 7.05 Å². The van der Waals surface area contributed by atoms with Gasteiger partial charge in [0.2, 0.25) is 6.41 Å². The van der Waals surface area contributed by atoms with Crippen molar-refractivity contribution in [2.75, 3.05) is 39.1 Å². The van der Waals surface area contributed by atoms with Crippen molar-refractivity contribution < 1.29 is 41.7 Å². The molecule has 15 heteroatoms. The number of hydrogen-bond acceptors (Lipinski definition) is 10. The molecular formula is C24H29FN4O9S. The normalized spacial score (nSPS) is 12.4. The zero-order valence-electron chi connectivity index (χ0n) is 21.4. The van der Waals surface area contributed by atoms with E-state index in [4.69, 9.17) is 19.0 Å². The second kappa shape index (κ2) is 13.0. The number of fused-ring (bicyclic) bond motifs is 1. The van der Waals surface area contributed by atoms with Gasteiger partial charge in [0, 0.05) is 51.1 Å². The quantitative estimate of drug-likeness (QED) is 0.155. The topological polar surface area (TPSA) is 180 Å². The first-order chi connectivity index (χ1) is 18.5. The van der Waals surface area contributed by atoms with Crippen LogP contribution in [0.4, 0.5) is 14.9 Å². The van der Waals surface area contributed by atoms with Crippen LogP contribution < -0.4 is 25.1 Å². The molecule has 1 amide bonds. The third-order valence-electron chi connectivity index (χ3n) is 5.44. The zero-order chi connectivity index (χ0) is 28.7. The number of nitrogens with one attached hydrogen (secondary N) is 3. The summed E-state index contributed by atoms with van der Waals surface area (Å²) in [5.74, 6) is -0.787. The first-order valence-corrected chi connectivity index (χ1v) is 13.0. The van der Waals surface area contributed by atoms with Crippen LogP contribution in [-0.2, 0) is 27.9 Å². The summed E-state index contributed by atoms with van der Waals surface area (Å²) in [5, 5.41) is 22.0. The summed E-state index contributed by atoms with van der Waals surface area (Å²) in [7, 11) is 0.162. The highest BCUT2D eigenvalue weighted by molar-refractivity contribution is 7.90. The Labute approximate surface area is 223 Å². The van der Waals surface area contributed by atoms with Crippen molar-refractivity contribution in [3.05, 3.63) is 69.3 Å². The number of benzene rings is 2. The minimum absolute atomic E-state index is 0.00665. The minimum atomic E-state index is -4.00. The number of carbonyl (C=O) groups excluding carboxylic acids is 1. The fourth-order valence-electron chi connectivity index (χ4n) is 3.51. The lowest BCUT2D eigenvalue weighted by Gasteiger charge is -2.17. The van der Waals surface area contributed by atoms with Gasteiger partial charge in [0.1, 0.15) is 11.3 Å². The number of hydrogen-bond donors (Lipinski definition) is 5. The van der Waals surface area contributed by atoms with Crippen LogP contribution in [0.5, 0.6) is 5.75 Å². The van der Waals surface area contributed by atoms with Crippen LogP contribution in [0, 0.1) is 5.82 Å². The highest BCUT2D eigenvalue weighted by atomic mass is 32.2. The number of ether oxygens (including phenoxy) is 2. The minimum Gasteiger partial charge on any atom is -0.422 e. The molecule has 212 valence electrons. The molecule has 0 spiro atoms. The third-order valence-corrected chi connectivity index (χ3v) is 6.47. The van der Waals surface area contributed by atoms with E-state index in [0.29, 0.717) is 10.9 Å². The first kappa shape index (κ1) is 29.9. The van der Waals surface area contributed by atoms with Gasteiger partial charge in [-0.05, 0) is 29.3 Å². The fourth-order valence-corrected chi connectivity index (χ4v) is 4.06. The third kappa shape index (κ3) is 7.72. The van der Waals surface area contributed by atoms with E-state index in [-0.39, 0.29) is 54.3 Å². The van der Waals surface area contributed by atoms with Crippen LogP contribution in [0.25, 0.3) is 11.0 Å². The van der Waals surface area contributed by atoms with Crippen molar-refractivity contribution >= 4 is 33.0 Å². The summed E-state index contributed by atoms with van der Waals surface area (Å²) in [4.78, 5) is 26.2. The van der Waals surface area contributed by atoms with E-state index in [2.05, 4.69) is 10.0 Å². The predicted octanol–water partition coefficient (Wildman–Crippen LogP) is 0.834. The SMILES string of the molecule is CNS(=O)(=O)Nc1cccc(Cc2c(CNC(O)OCCO)c3ccc(OC(=O)N(C)C)cc3oc2=O)c1F. The number of rotatable bonds is 12. The van der Waals surface area contributed by atoms with Crippen molar-refractivity contribution in [1.29, 1.82) is 0 Å². The molecule has 0 aliphatic rings. The second-order valence-corrected chi connectivity index (χ2v) is 9.98. The van der Waals surface area contributed by atoms with Gasteiger partial charge in [0.15, 0.2) is 5.82 Å². The Hall–Kier alpha value is -3.60. The molecule has 0 bridgehead atoms. The van der Waals surface area contributed by atoms with Crippen molar-refractivity contribution in [1.82, 2.24) is 14.9 Å². The summed E-state index contributed by atoms with van der Waals surface area (Å²) in [6.07, 6.45) is -2.44. The molecule has 5 N–H and O–H groups in total. The lowest BCUT2D eigenvalue weighted by atomic mass is 9.97. The van der Waals surface area contributed by atoms with Gasteiger partial charge in [-0.2, -0.15) is 8.42 Å². The first-order valence-electron chi connectivity index (χ1n) is 11.6. The van der Waals surface area contributed by atoms with E-state index in [1.807, 2.05) is 4.72 Å². The Bertz CT molecular complexity index is 1490. The number of anilines is 1. The van der Waals surface area contributed by atoms with Crippen LogP contribution in [0.1, 0.15) is 16.7 Å². The van der Waals surface area contributed by atoms with Crippen LogP contribution >= 0.6 is 0 Å². The van der Waals surface area contributed by atoms with Gasteiger partial charge in [0.05, 0.1) is 18.9 Å². The highest BCUT2D eigenvalue weighted by Crippen LogP contribution is 2.28. The maximum Gasteiger partial charge on any atom is 0.414 e. The zero-order valence-corrected chi connectivity index (χ0v) is 22.2. The summed E-state index contributed by atoms with van der Waals surface area (Å²) in [5.41, 5.74) is -0.762. The van der Waals surface area contributed by atoms with Gasteiger partial charge in [-0.1, -0.05) is 12.1 Å². The number of carbonyl (C=O) groups is 1. The van der Waals surface area contributed by atoms with Gasteiger partial charge in [-0.15, -0.1) is 0 Å². The largest absolute Gasteiger partial charge is 0.422 e. The molecule has 39 heavy (non-hydrogen) atoms. The summed E-state index contributed by atoms with van der Waals surface area (Å²) in [6, 6.07) is 8.39. The monoisotopic (exact) mass is 568 g/mol. The Morgan fingerprint density at radius 3 is 2.62 bits per heavy atom. The maximum atomic E-state index is 15.3. The average Bonchev–Trinajstić information content (AvgIpc) is 2.89. The molecule has 13 nitrogen and oxygen atoms in total. The molecule has 0 saturated carbocycles. The molecule has 0 radical (unpaired) electrons. The summed E-state index contributed by atoms with van der Waals surface area (Å²) in [6.45, 7) is -0.627. The van der Waals surface area contributed by atoms with Gasteiger partial charge in [-0.3, -0.25) is 10.0 Å². The molecule has 2 aromatic carbocycles. The molecule has 0 aliphatic carbocycles. The molecule has 3 aromatic rings. The molecule has 0 saturated heterocycles. The van der Waals surface area contributed by atoms with E-state index in [9.17, 15) is 23.1 Å². The molecule has 3 rings (SSSR count). The smallest absolute Gasteiger partial charge is 0.414 e. The van der Waals surface area contributed by atoms with Crippen LogP contribution in [-0.4, -0.2) is 70.4 Å². The highest BCUT2D eigenvalue weighted by Gasteiger charge is 2.21. The number of aliphatic hydroxyl groups excluding tert-OH is 2. The molecule has 1 unspecified atom stereocenters. The molecule has 1 atom stereocenters. The Kier molecular flexibility index (Phi) is 9.96. The van der Waals surface area contributed by atoms with Crippen LogP contribution in [0.2, 0.25) is 0 Å². The van der Waals surface area contributed by atoms with E-state index < -0.39 is 34.2 Å². The average molecular weight is 569 g/mol. The Balaban J connectivity index is 2.07. The Morgan fingerprint density at radius 1 is 1.21 bits per heavy atom. The molecular weight excluding hydrogens is 539 g/mol. The van der Waals surface area contributed by atoms with Crippen molar-refractivity contribution in [3.63, 3.8) is 0 Å². The molecule has 0 fully saturated rings. The number of halogens is 1. The standard InChI is InChI=1S/C24H29FN4O9S/c1-26-39(34,35)28-19-6-4-5-14(21(19)25)11-17-18(13-27-23(32)36-10-9-30)16-8-7-15(37-24(33)29(2)3)12-20(16)38-22(17)31/h4-8,12,23,26-28,30,32H,9-11,13H2,1-3H3. The van der Waals surface area contributed by atoms with Gasteiger partial charge >= 0.3 is 11.7 Å².